The Morgan fingerprint density at radius 1 is 1.44 bits per heavy atom. The van der Waals surface area contributed by atoms with Crippen LogP contribution in [0.15, 0.2) is 28.7 Å². The van der Waals surface area contributed by atoms with Crippen molar-refractivity contribution in [2.75, 3.05) is 18.1 Å². The van der Waals surface area contributed by atoms with E-state index in [4.69, 9.17) is 28.2 Å². The summed E-state index contributed by atoms with van der Waals surface area (Å²) in [6, 6.07) is 7.27. The molecule has 3 rings (SSSR count). The van der Waals surface area contributed by atoms with Gasteiger partial charge in [-0.1, -0.05) is 30.7 Å². The highest BCUT2D eigenvalue weighted by atomic mass is 35.5. The number of sulfone groups is 1. The summed E-state index contributed by atoms with van der Waals surface area (Å²) in [6.07, 6.45) is 1.56. The summed E-state index contributed by atoms with van der Waals surface area (Å²) in [5.41, 5.74) is 0.680. The van der Waals surface area contributed by atoms with Crippen LogP contribution in [0.25, 0.3) is 11.5 Å². The molecule has 0 spiro atoms. The third-order valence-corrected chi connectivity index (χ3v) is 6.64. The van der Waals surface area contributed by atoms with Crippen molar-refractivity contribution in [1.29, 1.82) is 0 Å². The maximum atomic E-state index is 11.8. The zero-order chi connectivity index (χ0) is 18.0. The number of hydrogen-bond donors (Lipinski definition) is 0. The van der Waals surface area contributed by atoms with Crippen LogP contribution in [-0.4, -0.2) is 47.2 Å². The van der Waals surface area contributed by atoms with Crippen LogP contribution in [0.1, 0.15) is 19.8 Å². The highest BCUT2D eigenvalue weighted by Gasteiger charge is 2.32. The molecule has 0 bridgehead atoms. The van der Waals surface area contributed by atoms with E-state index in [1.807, 2.05) is 18.2 Å². The molecule has 25 heavy (non-hydrogen) atoms. The second-order valence-electron chi connectivity index (χ2n) is 6.16. The first-order valence-electron chi connectivity index (χ1n) is 8.17. The fourth-order valence-corrected chi connectivity index (χ4v) is 5.19. The Bertz CT molecular complexity index is 907. The first-order valence-corrected chi connectivity index (χ1v) is 10.8. The summed E-state index contributed by atoms with van der Waals surface area (Å²) in [6.45, 7) is 3.24. The molecule has 1 atom stereocenters. The molecule has 1 aliphatic heterocycles. The molecule has 2 heterocycles. The van der Waals surface area contributed by atoms with Gasteiger partial charge in [-0.3, -0.25) is 4.90 Å². The first-order chi connectivity index (χ1) is 11.9. The summed E-state index contributed by atoms with van der Waals surface area (Å²) in [4.78, 5) is 2.36. The molecule has 0 unspecified atom stereocenters. The minimum absolute atomic E-state index is 0.00712. The summed E-state index contributed by atoms with van der Waals surface area (Å²) in [5.74, 6) is 0.800. The van der Waals surface area contributed by atoms with Gasteiger partial charge in [-0.2, -0.15) is 0 Å². The van der Waals surface area contributed by atoms with E-state index in [-0.39, 0.29) is 22.4 Å². The SMILES string of the molecule is CCCN(Cn1nc(-c2ccccc2Cl)oc1=S)[C@@H]1CCS(=O)(=O)C1. The highest BCUT2D eigenvalue weighted by Crippen LogP contribution is 2.26. The van der Waals surface area contributed by atoms with E-state index in [2.05, 4.69) is 16.9 Å². The average Bonchev–Trinajstić information content (AvgIpc) is 3.10. The standard InChI is InChI=1S/C16H20ClN3O3S2/c1-2-8-19(12-7-9-25(21,22)10-12)11-20-16(24)23-15(18-20)13-5-3-4-6-14(13)17/h3-6,12H,2,7-11H2,1H3/t12-/m1/s1. The van der Waals surface area contributed by atoms with Crippen molar-refractivity contribution in [3.05, 3.63) is 34.1 Å². The maximum absolute atomic E-state index is 11.8. The van der Waals surface area contributed by atoms with E-state index in [0.717, 1.165) is 13.0 Å². The molecule has 1 fully saturated rings. The lowest BCUT2D eigenvalue weighted by molar-refractivity contribution is 0.153. The van der Waals surface area contributed by atoms with Crippen LogP contribution in [0.2, 0.25) is 5.02 Å². The van der Waals surface area contributed by atoms with Gasteiger partial charge in [0, 0.05) is 6.04 Å². The van der Waals surface area contributed by atoms with E-state index < -0.39 is 9.84 Å². The molecule has 2 aromatic rings. The molecule has 1 aromatic carbocycles. The Labute approximate surface area is 157 Å². The Kier molecular flexibility index (Phi) is 5.62. The molecular weight excluding hydrogens is 382 g/mol. The zero-order valence-electron chi connectivity index (χ0n) is 13.9. The van der Waals surface area contributed by atoms with Gasteiger partial charge in [0.15, 0.2) is 9.84 Å². The van der Waals surface area contributed by atoms with Crippen LogP contribution in [0, 0.1) is 4.84 Å². The minimum atomic E-state index is -2.94. The van der Waals surface area contributed by atoms with Gasteiger partial charge in [-0.25, -0.2) is 13.1 Å². The number of aromatic nitrogens is 2. The van der Waals surface area contributed by atoms with Gasteiger partial charge in [-0.15, -0.1) is 5.10 Å². The van der Waals surface area contributed by atoms with Crippen LogP contribution in [0.5, 0.6) is 0 Å². The van der Waals surface area contributed by atoms with Crippen LogP contribution in [0.4, 0.5) is 0 Å². The summed E-state index contributed by atoms with van der Waals surface area (Å²) >= 11 is 11.5. The van der Waals surface area contributed by atoms with Gasteiger partial charge in [0.25, 0.3) is 4.84 Å². The van der Waals surface area contributed by atoms with Crippen molar-refractivity contribution in [1.82, 2.24) is 14.7 Å². The molecule has 0 aliphatic carbocycles. The lowest BCUT2D eigenvalue weighted by atomic mass is 10.2. The predicted octanol–water partition coefficient (Wildman–Crippen LogP) is 3.38. The van der Waals surface area contributed by atoms with Gasteiger partial charge < -0.3 is 4.42 Å². The average molecular weight is 402 g/mol. The van der Waals surface area contributed by atoms with Gasteiger partial charge >= 0.3 is 0 Å². The van der Waals surface area contributed by atoms with Crippen molar-refractivity contribution in [3.8, 4) is 11.5 Å². The Hall–Kier alpha value is -1.22. The largest absolute Gasteiger partial charge is 0.409 e. The van der Waals surface area contributed by atoms with E-state index in [1.54, 1.807) is 10.7 Å². The fraction of sp³-hybridized carbons (Fsp3) is 0.500. The smallest absolute Gasteiger partial charge is 0.288 e. The van der Waals surface area contributed by atoms with Gasteiger partial charge in [-0.05, 0) is 43.7 Å². The van der Waals surface area contributed by atoms with Crippen molar-refractivity contribution in [3.63, 3.8) is 0 Å². The van der Waals surface area contributed by atoms with Crippen molar-refractivity contribution in [2.45, 2.75) is 32.5 Å². The minimum Gasteiger partial charge on any atom is -0.409 e. The van der Waals surface area contributed by atoms with Gasteiger partial charge in [0.1, 0.15) is 0 Å². The molecule has 1 saturated heterocycles. The van der Waals surface area contributed by atoms with E-state index in [0.29, 0.717) is 29.6 Å². The van der Waals surface area contributed by atoms with Crippen molar-refractivity contribution in [2.24, 2.45) is 0 Å². The maximum Gasteiger partial charge on any atom is 0.288 e. The summed E-state index contributed by atoms with van der Waals surface area (Å²) < 4.78 is 30.8. The highest BCUT2D eigenvalue weighted by molar-refractivity contribution is 7.91. The third kappa shape index (κ3) is 4.31. The van der Waals surface area contributed by atoms with E-state index in [1.165, 1.54) is 0 Å². The first kappa shape index (κ1) is 18.6. The molecule has 0 N–H and O–H groups in total. The molecule has 0 radical (unpaired) electrons. The second kappa shape index (κ2) is 7.57. The lowest BCUT2D eigenvalue weighted by Crippen LogP contribution is -2.38. The lowest BCUT2D eigenvalue weighted by Gasteiger charge is -2.26. The summed E-state index contributed by atoms with van der Waals surface area (Å²) in [7, 11) is -2.94. The summed E-state index contributed by atoms with van der Waals surface area (Å²) in [5, 5.41) is 4.98. The number of benzene rings is 1. The van der Waals surface area contributed by atoms with Crippen LogP contribution in [-0.2, 0) is 16.5 Å². The molecule has 9 heteroatoms. The molecule has 0 saturated carbocycles. The second-order valence-corrected chi connectivity index (χ2v) is 9.15. The third-order valence-electron chi connectivity index (χ3n) is 4.26. The normalized spacial score (nSPS) is 19.6. The number of hydrogen-bond acceptors (Lipinski definition) is 6. The molecule has 0 amide bonds. The fourth-order valence-electron chi connectivity index (χ4n) is 3.03. The Morgan fingerprint density at radius 3 is 2.84 bits per heavy atom. The van der Waals surface area contributed by atoms with Crippen LogP contribution >= 0.6 is 23.8 Å². The Balaban J connectivity index is 1.84. The van der Waals surface area contributed by atoms with Crippen molar-refractivity contribution >= 4 is 33.7 Å². The quantitative estimate of drug-likeness (QED) is 0.691. The van der Waals surface area contributed by atoms with Crippen LogP contribution < -0.4 is 0 Å². The molecular formula is C16H20ClN3O3S2. The van der Waals surface area contributed by atoms with Crippen LogP contribution in [0.3, 0.4) is 0 Å². The molecule has 136 valence electrons. The van der Waals surface area contributed by atoms with E-state index >= 15 is 0 Å². The number of halogens is 1. The number of nitrogens with zero attached hydrogens (tertiary/aromatic N) is 3. The predicted molar refractivity (Wildman–Crippen MR) is 99.8 cm³/mol. The molecule has 6 nitrogen and oxygen atoms in total. The van der Waals surface area contributed by atoms with Crippen molar-refractivity contribution < 1.29 is 12.8 Å². The topological polar surface area (TPSA) is 68.3 Å². The van der Waals surface area contributed by atoms with E-state index in [9.17, 15) is 8.42 Å². The zero-order valence-corrected chi connectivity index (χ0v) is 16.3. The van der Waals surface area contributed by atoms with Gasteiger partial charge in [0.2, 0.25) is 5.89 Å². The Morgan fingerprint density at radius 2 is 2.20 bits per heavy atom. The molecule has 1 aliphatic rings. The number of rotatable bonds is 6. The monoisotopic (exact) mass is 401 g/mol. The van der Waals surface area contributed by atoms with Gasteiger partial charge in [0.05, 0.1) is 28.8 Å². The molecule has 1 aromatic heterocycles.